The molecule has 0 saturated carbocycles. The Bertz CT molecular complexity index is 528. The van der Waals surface area contributed by atoms with Crippen molar-refractivity contribution in [2.45, 2.75) is 25.3 Å². The van der Waals surface area contributed by atoms with E-state index in [4.69, 9.17) is 4.74 Å². The van der Waals surface area contributed by atoms with Gasteiger partial charge in [0.15, 0.2) is 0 Å². The molecule has 0 radical (unpaired) electrons. The Balaban J connectivity index is 2.06. The van der Waals surface area contributed by atoms with Crippen molar-refractivity contribution >= 4 is 11.8 Å². The van der Waals surface area contributed by atoms with Crippen LogP contribution in [0.3, 0.4) is 0 Å². The first-order valence-electron chi connectivity index (χ1n) is 7.16. The number of rotatable bonds is 4. The highest BCUT2D eigenvalue weighted by atomic mass is 16.5. The Morgan fingerprint density at radius 2 is 2.14 bits per heavy atom. The lowest BCUT2D eigenvalue weighted by atomic mass is 10.1. The Morgan fingerprint density at radius 3 is 2.81 bits per heavy atom. The van der Waals surface area contributed by atoms with Crippen LogP contribution in [0.25, 0.3) is 0 Å². The molecule has 2 amide bonds. The number of likely N-dealkylation sites (tertiary alicyclic amines) is 1. The van der Waals surface area contributed by atoms with Gasteiger partial charge in [-0.2, -0.15) is 0 Å². The predicted molar refractivity (Wildman–Crippen MR) is 80.1 cm³/mol. The minimum absolute atomic E-state index is 0.000882. The molecule has 0 N–H and O–H groups in total. The molecule has 5 heteroatoms. The summed E-state index contributed by atoms with van der Waals surface area (Å²) < 4.78 is 5.17. The minimum Gasteiger partial charge on any atom is -0.497 e. The third kappa shape index (κ3) is 3.54. The lowest BCUT2D eigenvalue weighted by Crippen LogP contribution is -2.45. The second-order valence-corrected chi connectivity index (χ2v) is 5.51. The number of amides is 2. The number of benzene rings is 1. The van der Waals surface area contributed by atoms with Gasteiger partial charge < -0.3 is 14.5 Å². The molecular weight excluding hydrogens is 268 g/mol. The van der Waals surface area contributed by atoms with E-state index in [0.29, 0.717) is 13.0 Å². The van der Waals surface area contributed by atoms with Crippen LogP contribution in [-0.2, 0) is 16.0 Å². The molecule has 1 saturated heterocycles. The second kappa shape index (κ2) is 6.61. The van der Waals surface area contributed by atoms with E-state index in [0.717, 1.165) is 24.2 Å². The van der Waals surface area contributed by atoms with Gasteiger partial charge in [0.1, 0.15) is 11.8 Å². The molecule has 1 atom stereocenters. The van der Waals surface area contributed by atoms with Gasteiger partial charge in [0, 0.05) is 20.6 Å². The number of hydrogen-bond acceptors (Lipinski definition) is 3. The van der Waals surface area contributed by atoms with Crippen LogP contribution in [0.15, 0.2) is 24.3 Å². The highest BCUT2D eigenvalue weighted by Crippen LogP contribution is 2.21. The summed E-state index contributed by atoms with van der Waals surface area (Å²) in [5, 5.41) is 0. The first-order valence-corrected chi connectivity index (χ1v) is 7.16. The van der Waals surface area contributed by atoms with Crippen LogP contribution in [0, 0.1) is 0 Å². The largest absolute Gasteiger partial charge is 0.497 e. The van der Waals surface area contributed by atoms with Crippen LogP contribution in [0.4, 0.5) is 0 Å². The summed E-state index contributed by atoms with van der Waals surface area (Å²) in [6, 6.07) is 7.17. The van der Waals surface area contributed by atoms with E-state index in [2.05, 4.69) is 0 Å². The predicted octanol–water partition coefficient (Wildman–Crippen LogP) is 1.32. The quantitative estimate of drug-likeness (QED) is 0.840. The fourth-order valence-electron chi connectivity index (χ4n) is 2.68. The minimum atomic E-state index is -0.307. The van der Waals surface area contributed by atoms with Gasteiger partial charge in [0.2, 0.25) is 11.8 Å². The van der Waals surface area contributed by atoms with E-state index in [9.17, 15) is 9.59 Å². The lowest BCUT2D eigenvalue weighted by Gasteiger charge is -2.26. The third-order valence-electron chi connectivity index (χ3n) is 3.79. The molecule has 1 fully saturated rings. The summed E-state index contributed by atoms with van der Waals surface area (Å²) in [4.78, 5) is 27.9. The fraction of sp³-hybridized carbons (Fsp3) is 0.500. The average Bonchev–Trinajstić information content (AvgIpc) is 2.95. The Morgan fingerprint density at radius 1 is 1.38 bits per heavy atom. The van der Waals surface area contributed by atoms with Crippen molar-refractivity contribution in [1.29, 1.82) is 0 Å². The number of carbonyl (C=O) groups is 2. The number of nitrogens with zero attached hydrogens (tertiary/aromatic N) is 2. The average molecular weight is 290 g/mol. The van der Waals surface area contributed by atoms with Gasteiger partial charge in [0.25, 0.3) is 0 Å². The first kappa shape index (κ1) is 15.4. The Labute approximate surface area is 125 Å². The zero-order valence-corrected chi connectivity index (χ0v) is 12.8. The Kier molecular flexibility index (Phi) is 4.83. The smallest absolute Gasteiger partial charge is 0.244 e. The molecule has 1 aliphatic rings. The first-order chi connectivity index (χ1) is 10.0. The molecule has 0 aromatic heterocycles. The summed E-state index contributed by atoms with van der Waals surface area (Å²) in [6.45, 7) is 0.660. The second-order valence-electron chi connectivity index (χ2n) is 5.51. The summed E-state index contributed by atoms with van der Waals surface area (Å²) in [5.41, 5.74) is 0.905. The number of hydrogen-bond donors (Lipinski definition) is 0. The molecule has 114 valence electrons. The van der Waals surface area contributed by atoms with Gasteiger partial charge in [-0.05, 0) is 30.5 Å². The van der Waals surface area contributed by atoms with Gasteiger partial charge >= 0.3 is 0 Å². The monoisotopic (exact) mass is 290 g/mol. The summed E-state index contributed by atoms with van der Waals surface area (Å²) in [6.07, 6.45) is 1.93. The highest BCUT2D eigenvalue weighted by molar-refractivity contribution is 5.88. The summed E-state index contributed by atoms with van der Waals surface area (Å²) in [7, 11) is 5.06. The van der Waals surface area contributed by atoms with Crippen LogP contribution >= 0.6 is 0 Å². The van der Waals surface area contributed by atoms with Crippen molar-refractivity contribution in [3.8, 4) is 5.75 Å². The topological polar surface area (TPSA) is 49.9 Å². The van der Waals surface area contributed by atoms with Crippen molar-refractivity contribution in [1.82, 2.24) is 9.80 Å². The summed E-state index contributed by atoms with van der Waals surface area (Å²) >= 11 is 0. The fourth-order valence-corrected chi connectivity index (χ4v) is 2.68. The highest BCUT2D eigenvalue weighted by Gasteiger charge is 2.34. The van der Waals surface area contributed by atoms with Crippen molar-refractivity contribution < 1.29 is 14.3 Å². The van der Waals surface area contributed by atoms with E-state index in [1.165, 1.54) is 0 Å². The van der Waals surface area contributed by atoms with Gasteiger partial charge in [0.05, 0.1) is 13.5 Å². The van der Waals surface area contributed by atoms with Gasteiger partial charge in [-0.15, -0.1) is 0 Å². The van der Waals surface area contributed by atoms with E-state index in [1.807, 2.05) is 24.3 Å². The van der Waals surface area contributed by atoms with Crippen molar-refractivity contribution in [3.05, 3.63) is 29.8 Å². The van der Waals surface area contributed by atoms with Crippen LogP contribution < -0.4 is 4.74 Å². The van der Waals surface area contributed by atoms with Crippen LogP contribution in [0.1, 0.15) is 18.4 Å². The maximum atomic E-state index is 12.5. The van der Waals surface area contributed by atoms with Crippen LogP contribution in [-0.4, -0.2) is 55.4 Å². The van der Waals surface area contributed by atoms with Crippen molar-refractivity contribution in [2.24, 2.45) is 0 Å². The molecule has 5 nitrogen and oxygen atoms in total. The zero-order chi connectivity index (χ0) is 15.4. The molecule has 21 heavy (non-hydrogen) atoms. The van der Waals surface area contributed by atoms with E-state index in [1.54, 1.807) is 31.0 Å². The van der Waals surface area contributed by atoms with Gasteiger partial charge in [-0.3, -0.25) is 9.59 Å². The van der Waals surface area contributed by atoms with E-state index in [-0.39, 0.29) is 17.9 Å². The van der Waals surface area contributed by atoms with Gasteiger partial charge in [-0.1, -0.05) is 12.1 Å². The molecule has 2 rings (SSSR count). The SMILES string of the molecule is COc1cccc(CC(=O)N2CCCC2C(=O)N(C)C)c1. The van der Waals surface area contributed by atoms with E-state index >= 15 is 0 Å². The van der Waals surface area contributed by atoms with Crippen molar-refractivity contribution in [2.75, 3.05) is 27.7 Å². The molecule has 0 spiro atoms. The standard InChI is InChI=1S/C16H22N2O3/c1-17(2)16(20)14-8-5-9-18(14)15(19)11-12-6-4-7-13(10-12)21-3/h4,6-7,10,14H,5,8-9,11H2,1-3H3. The lowest BCUT2D eigenvalue weighted by molar-refractivity contribution is -0.141. The maximum absolute atomic E-state index is 12.5. The van der Waals surface area contributed by atoms with Crippen LogP contribution in [0.2, 0.25) is 0 Å². The maximum Gasteiger partial charge on any atom is 0.244 e. The number of carbonyl (C=O) groups excluding carboxylic acids is 2. The van der Waals surface area contributed by atoms with Gasteiger partial charge in [-0.25, -0.2) is 0 Å². The summed E-state index contributed by atoms with van der Waals surface area (Å²) in [5.74, 6) is 0.745. The Hall–Kier alpha value is -2.04. The zero-order valence-electron chi connectivity index (χ0n) is 12.8. The van der Waals surface area contributed by atoms with E-state index < -0.39 is 0 Å². The number of methoxy groups -OCH3 is 1. The molecular formula is C16H22N2O3. The molecule has 0 bridgehead atoms. The molecule has 0 aliphatic carbocycles. The molecule has 1 aliphatic heterocycles. The molecule has 1 heterocycles. The number of likely N-dealkylation sites (N-methyl/N-ethyl adjacent to an activating group) is 1. The third-order valence-corrected chi connectivity index (χ3v) is 3.79. The molecule has 1 unspecified atom stereocenters. The molecule has 1 aromatic carbocycles. The number of ether oxygens (including phenoxy) is 1. The normalized spacial score (nSPS) is 17.7. The molecule has 1 aromatic rings. The van der Waals surface area contributed by atoms with Crippen molar-refractivity contribution in [3.63, 3.8) is 0 Å². The van der Waals surface area contributed by atoms with Crippen LogP contribution in [0.5, 0.6) is 5.75 Å².